The number of aromatic nitrogens is 3. The van der Waals surface area contributed by atoms with Crippen molar-refractivity contribution in [2.75, 3.05) is 18.6 Å². The fourth-order valence-corrected chi connectivity index (χ4v) is 7.88. The number of carboxylic acids is 1. The first-order chi connectivity index (χ1) is 25.7. The number of carbonyl (C=O) groups is 4. The molecule has 4 rings (SSSR count). The van der Waals surface area contributed by atoms with Gasteiger partial charge in [0.1, 0.15) is 30.8 Å². The first-order valence-corrected chi connectivity index (χ1v) is 20.3. The van der Waals surface area contributed by atoms with E-state index in [4.69, 9.17) is 15.3 Å². The van der Waals surface area contributed by atoms with Crippen molar-refractivity contribution in [3.05, 3.63) is 59.3 Å². The Morgan fingerprint density at radius 3 is 2.34 bits per heavy atom. The third kappa shape index (κ3) is 12.7. The number of aliphatic carboxylic acids is 1. The lowest BCUT2D eigenvalue weighted by Gasteiger charge is -2.49. The van der Waals surface area contributed by atoms with Crippen LogP contribution in [0.5, 0.6) is 0 Å². The second-order valence-corrected chi connectivity index (χ2v) is 15.0. The molecule has 2 aliphatic heterocycles. The van der Waals surface area contributed by atoms with Crippen molar-refractivity contribution in [3.63, 3.8) is 0 Å². The molecule has 0 radical (unpaired) electrons. The monoisotopic (exact) mass is 770 g/mol. The summed E-state index contributed by atoms with van der Waals surface area (Å²) in [6.45, 7) is 2.64. The number of nitrogens with one attached hydrogen (secondary N) is 1. The van der Waals surface area contributed by atoms with E-state index in [1.165, 1.54) is 81.6 Å². The number of carboxylic acid groups (broad SMARTS) is 1. The van der Waals surface area contributed by atoms with Gasteiger partial charge in [-0.3, -0.25) is 19.3 Å². The number of hydrogen-bond acceptors (Lipinski definition) is 12. The molecule has 0 spiro atoms. The number of oxime groups is 1. The van der Waals surface area contributed by atoms with Crippen LogP contribution in [0.3, 0.4) is 0 Å². The SMILES string of the molecule is CCCCCCCCC=CCCCCCCCC(=O)OCc1cc[n+](CC2=C(C(=O)O)N3C(=O)C(NC(=O)C(=NOC)c4nsc(N)n4)[C@@H]3SC2)cc1. The summed E-state index contributed by atoms with van der Waals surface area (Å²) in [4.78, 5) is 60.7. The molecule has 14 nitrogen and oxygen atoms in total. The number of carbonyl (C=O) groups excluding carboxylic acids is 3. The normalized spacial score (nSPS) is 17.1. The maximum absolute atomic E-state index is 13.2. The molecule has 53 heavy (non-hydrogen) atoms. The highest BCUT2D eigenvalue weighted by molar-refractivity contribution is 8.00. The molecule has 4 heterocycles. The van der Waals surface area contributed by atoms with E-state index in [1.807, 2.05) is 12.1 Å². The zero-order chi connectivity index (χ0) is 38.0. The van der Waals surface area contributed by atoms with Crippen molar-refractivity contribution in [2.45, 2.75) is 121 Å². The third-order valence-corrected chi connectivity index (χ3v) is 10.8. The minimum atomic E-state index is -1.23. The topological polar surface area (TPSA) is 190 Å². The number of nitrogens with two attached hydrogens (primary N) is 1. The van der Waals surface area contributed by atoms with E-state index >= 15 is 0 Å². The number of β-lactam (4-membered cyclic amide) rings is 1. The van der Waals surface area contributed by atoms with Crippen molar-refractivity contribution >= 4 is 57.9 Å². The van der Waals surface area contributed by atoms with Gasteiger partial charge in [-0.25, -0.2) is 9.36 Å². The Balaban J connectivity index is 1.15. The van der Waals surface area contributed by atoms with Gasteiger partial charge in [-0.15, -0.1) is 11.8 Å². The minimum absolute atomic E-state index is 0.0462. The zero-order valence-electron chi connectivity index (χ0n) is 30.7. The maximum atomic E-state index is 13.2. The van der Waals surface area contributed by atoms with Crippen LogP contribution < -0.4 is 15.6 Å². The molecule has 2 atom stereocenters. The predicted molar refractivity (Wildman–Crippen MR) is 203 cm³/mol. The predicted octanol–water partition coefficient (Wildman–Crippen LogP) is 5.28. The van der Waals surface area contributed by atoms with Gasteiger partial charge in [-0.05, 0) is 32.1 Å². The Labute approximate surface area is 319 Å². The lowest BCUT2D eigenvalue weighted by Crippen LogP contribution is -2.71. The van der Waals surface area contributed by atoms with Crippen molar-refractivity contribution in [1.82, 2.24) is 19.6 Å². The molecular weight excluding hydrogens is 719 g/mol. The lowest BCUT2D eigenvalue weighted by molar-refractivity contribution is -0.689. The van der Waals surface area contributed by atoms with E-state index in [1.54, 1.807) is 17.0 Å². The van der Waals surface area contributed by atoms with Gasteiger partial charge in [-0.1, -0.05) is 75.6 Å². The number of amides is 2. The van der Waals surface area contributed by atoms with Gasteiger partial charge in [0, 0.05) is 47.0 Å². The summed E-state index contributed by atoms with van der Waals surface area (Å²) in [6.07, 6.45) is 24.2. The van der Waals surface area contributed by atoms with Crippen LogP contribution in [-0.4, -0.2) is 73.1 Å². The van der Waals surface area contributed by atoms with Crippen LogP contribution in [0.2, 0.25) is 0 Å². The van der Waals surface area contributed by atoms with E-state index in [9.17, 15) is 24.3 Å². The molecule has 288 valence electrons. The highest BCUT2D eigenvalue weighted by atomic mass is 32.2. The Hall–Kier alpha value is -4.31. The Morgan fingerprint density at radius 2 is 1.72 bits per heavy atom. The highest BCUT2D eigenvalue weighted by Gasteiger charge is 2.55. The summed E-state index contributed by atoms with van der Waals surface area (Å²) in [5, 5.41) is 15.9. The first kappa shape index (κ1) is 41.4. The van der Waals surface area contributed by atoms with Crippen molar-refractivity contribution < 1.29 is 38.4 Å². The highest BCUT2D eigenvalue weighted by Crippen LogP contribution is 2.40. The molecule has 1 saturated heterocycles. The number of hydrogen-bond donors (Lipinski definition) is 3. The number of nitrogen functional groups attached to an aromatic ring is 1. The number of esters is 1. The molecule has 1 fully saturated rings. The summed E-state index contributed by atoms with van der Waals surface area (Å²) in [5.41, 5.74) is 6.62. The van der Waals surface area contributed by atoms with Gasteiger partial charge < -0.3 is 25.7 Å². The number of allylic oxidation sites excluding steroid dienone is 2. The molecule has 2 amide bonds. The van der Waals surface area contributed by atoms with E-state index in [0.29, 0.717) is 17.7 Å². The number of pyridine rings is 1. The Morgan fingerprint density at radius 1 is 1.06 bits per heavy atom. The molecule has 0 bridgehead atoms. The Bertz CT molecular complexity index is 1630. The fourth-order valence-electron chi connectivity index (χ4n) is 6.11. The number of fused-ring (bicyclic) bond motifs is 1. The van der Waals surface area contributed by atoms with E-state index in [0.717, 1.165) is 42.8 Å². The van der Waals surface area contributed by atoms with Crippen LogP contribution in [0.1, 0.15) is 108 Å². The molecular formula is C37H52N7O7S2+. The number of nitrogens with zero attached hydrogens (tertiary/aromatic N) is 5. The first-order valence-electron chi connectivity index (χ1n) is 18.4. The average molecular weight is 771 g/mol. The molecule has 0 aliphatic carbocycles. The minimum Gasteiger partial charge on any atom is -0.477 e. The second kappa shape index (κ2) is 22.0. The number of anilines is 1. The van der Waals surface area contributed by atoms with Crippen LogP contribution in [0, 0.1) is 0 Å². The van der Waals surface area contributed by atoms with Crippen LogP contribution >= 0.6 is 23.3 Å². The number of thioether (sulfide) groups is 1. The molecule has 2 aromatic heterocycles. The average Bonchev–Trinajstić information content (AvgIpc) is 3.59. The van der Waals surface area contributed by atoms with Crippen molar-refractivity contribution in [1.29, 1.82) is 0 Å². The standard InChI is InChI=1S/C37H51N7O7S2/c1-3-4-5-6-7-8-9-10-11-12-13-14-15-16-17-18-28(45)51-24-26-19-21-43(22-20-26)23-27-25-52-35-30(34(47)44(35)31(27)36(48)49)39-33(46)29(41-50-2)32-40-37(38)53-42-32/h10-11,19-22,30,35H,3-9,12-18,23-25H2,1-2H3,(H3-,38,39,40,42,46,48,49)/p+1/t30?,35-/m0/s1. The summed E-state index contributed by atoms with van der Waals surface area (Å²) in [5.74, 6) is -2.48. The van der Waals surface area contributed by atoms with E-state index < -0.39 is 29.2 Å². The molecule has 4 N–H and O–H groups in total. The Kier molecular flexibility index (Phi) is 17.2. The second-order valence-electron chi connectivity index (χ2n) is 13.1. The molecule has 2 aliphatic rings. The summed E-state index contributed by atoms with van der Waals surface area (Å²) in [6, 6.07) is 2.66. The van der Waals surface area contributed by atoms with Gasteiger partial charge in [0.15, 0.2) is 24.1 Å². The summed E-state index contributed by atoms with van der Waals surface area (Å²) in [7, 11) is 1.25. The van der Waals surface area contributed by atoms with Crippen LogP contribution in [0.25, 0.3) is 0 Å². The fraction of sp³-hybridized carbons (Fsp3) is 0.568. The number of ether oxygens (including phenoxy) is 1. The summed E-state index contributed by atoms with van der Waals surface area (Å²) >= 11 is 2.22. The van der Waals surface area contributed by atoms with E-state index in [2.05, 4.69) is 38.9 Å². The third-order valence-electron chi connectivity index (χ3n) is 8.96. The van der Waals surface area contributed by atoms with Crippen LogP contribution in [0.4, 0.5) is 5.13 Å². The van der Waals surface area contributed by atoms with Crippen LogP contribution in [0.15, 0.2) is 53.1 Å². The molecule has 0 saturated carbocycles. The van der Waals surface area contributed by atoms with Gasteiger partial charge in [-0.2, -0.15) is 9.36 Å². The van der Waals surface area contributed by atoms with Crippen molar-refractivity contribution in [3.8, 4) is 0 Å². The zero-order valence-corrected chi connectivity index (χ0v) is 32.3. The smallest absolute Gasteiger partial charge is 0.352 e. The quantitative estimate of drug-likeness (QED) is 0.0240. The molecule has 2 aromatic rings. The summed E-state index contributed by atoms with van der Waals surface area (Å²) < 4.78 is 11.3. The van der Waals surface area contributed by atoms with E-state index in [-0.39, 0.29) is 41.5 Å². The molecule has 16 heteroatoms. The van der Waals surface area contributed by atoms with Gasteiger partial charge in [0.05, 0.1) is 0 Å². The van der Waals surface area contributed by atoms with Gasteiger partial charge in [0.25, 0.3) is 11.8 Å². The molecule has 1 unspecified atom stereocenters. The number of rotatable bonds is 24. The van der Waals surface area contributed by atoms with Gasteiger partial charge in [0.2, 0.25) is 11.5 Å². The van der Waals surface area contributed by atoms with Crippen LogP contribution in [-0.2, 0) is 41.9 Å². The number of unbranched alkanes of at least 4 members (excludes halogenated alkanes) is 11. The van der Waals surface area contributed by atoms with Crippen molar-refractivity contribution in [2.24, 2.45) is 5.16 Å². The largest absolute Gasteiger partial charge is 0.477 e. The lowest BCUT2D eigenvalue weighted by atomic mass is 10.0. The molecule has 0 aromatic carbocycles. The maximum Gasteiger partial charge on any atom is 0.352 e. The van der Waals surface area contributed by atoms with Gasteiger partial charge >= 0.3 is 11.9 Å².